The summed E-state index contributed by atoms with van der Waals surface area (Å²) in [6.07, 6.45) is 18.0. The first-order chi connectivity index (χ1) is 12.9. The summed E-state index contributed by atoms with van der Waals surface area (Å²) < 4.78 is 0. The zero-order chi connectivity index (χ0) is 20.1. The van der Waals surface area contributed by atoms with Gasteiger partial charge in [0.1, 0.15) is 5.75 Å². The van der Waals surface area contributed by atoms with Gasteiger partial charge in [-0.3, -0.25) is 0 Å². The van der Waals surface area contributed by atoms with Crippen LogP contribution in [0.4, 0.5) is 0 Å². The Morgan fingerprint density at radius 3 is 1.67 bits per heavy atom. The molecule has 0 unspecified atom stereocenters. The number of hydrogen-bond donors (Lipinski definition) is 1. The number of phenolic OH excluding ortho intramolecular Hbond substituents is 1. The number of aromatic hydroxyl groups is 1. The van der Waals surface area contributed by atoms with Crippen LogP contribution in [0.2, 0.25) is 0 Å². The summed E-state index contributed by atoms with van der Waals surface area (Å²) in [5.74, 6) is 0.558. The van der Waals surface area contributed by atoms with Crippen LogP contribution in [0.15, 0.2) is 12.1 Å². The predicted molar refractivity (Wildman–Crippen MR) is 121 cm³/mol. The Kier molecular flexibility index (Phi) is 11.8. The van der Waals surface area contributed by atoms with E-state index in [1.54, 1.807) is 0 Å². The molecule has 1 heteroatoms. The maximum absolute atomic E-state index is 10.9. The van der Waals surface area contributed by atoms with Crippen LogP contribution >= 0.6 is 0 Å². The molecule has 0 aliphatic rings. The van der Waals surface area contributed by atoms with Crippen molar-refractivity contribution in [2.24, 2.45) is 0 Å². The second-order valence-electron chi connectivity index (χ2n) is 9.44. The molecule has 1 N–H and O–H groups in total. The van der Waals surface area contributed by atoms with E-state index in [4.69, 9.17) is 0 Å². The van der Waals surface area contributed by atoms with E-state index in [1.165, 1.54) is 88.2 Å². The van der Waals surface area contributed by atoms with E-state index >= 15 is 0 Å². The van der Waals surface area contributed by atoms with Crippen molar-refractivity contribution in [3.8, 4) is 5.75 Å². The molecule has 0 saturated heterocycles. The molecule has 1 nitrogen and oxygen atoms in total. The SMILES string of the molecule is CCCCCCCCc1cc(CCCCCCCC)c(O)c(C(C)(C)C)c1. The molecule has 0 spiro atoms. The average molecular weight is 375 g/mol. The molecular weight excluding hydrogens is 328 g/mol. The topological polar surface area (TPSA) is 20.2 Å². The zero-order valence-corrected chi connectivity index (χ0v) is 19.0. The lowest BCUT2D eigenvalue weighted by molar-refractivity contribution is 0.438. The molecule has 0 saturated carbocycles. The fraction of sp³-hybridized carbons (Fsp3) is 0.769. The van der Waals surface area contributed by atoms with Crippen molar-refractivity contribution in [2.75, 3.05) is 0 Å². The van der Waals surface area contributed by atoms with Crippen LogP contribution in [0.1, 0.15) is 128 Å². The summed E-state index contributed by atoms with van der Waals surface area (Å²) in [7, 11) is 0. The van der Waals surface area contributed by atoms with Gasteiger partial charge in [-0.2, -0.15) is 0 Å². The van der Waals surface area contributed by atoms with E-state index in [2.05, 4.69) is 46.8 Å². The Labute approximate surface area is 170 Å². The number of phenols is 1. The Bertz CT molecular complexity index is 510. The molecule has 0 aromatic heterocycles. The minimum atomic E-state index is -0.00288. The van der Waals surface area contributed by atoms with Gasteiger partial charge in [-0.1, -0.05) is 111 Å². The highest BCUT2D eigenvalue weighted by atomic mass is 16.3. The number of aryl methyl sites for hydroxylation is 2. The van der Waals surface area contributed by atoms with Gasteiger partial charge in [-0.25, -0.2) is 0 Å². The second kappa shape index (κ2) is 13.2. The molecular formula is C26H46O. The highest BCUT2D eigenvalue weighted by Crippen LogP contribution is 2.35. The molecule has 0 aliphatic heterocycles. The minimum Gasteiger partial charge on any atom is -0.507 e. The van der Waals surface area contributed by atoms with Crippen molar-refractivity contribution in [1.82, 2.24) is 0 Å². The van der Waals surface area contributed by atoms with Crippen molar-refractivity contribution < 1.29 is 5.11 Å². The van der Waals surface area contributed by atoms with Crippen LogP contribution < -0.4 is 0 Å². The lowest BCUT2D eigenvalue weighted by Gasteiger charge is -2.23. The number of rotatable bonds is 14. The summed E-state index contributed by atoms with van der Waals surface area (Å²) in [5, 5.41) is 10.9. The van der Waals surface area contributed by atoms with Crippen molar-refractivity contribution in [2.45, 2.75) is 130 Å². The molecule has 156 valence electrons. The molecule has 0 fully saturated rings. The standard InChI is InChI=1S/C26H46O/c1-6-8-10-12-14-16-18-22-20-23(19-17-15-13-11-9-7-2)25(27)24(21-22)26(3,4)5/h20-21,27H,6-19H2,1-5H3. The third-order valence-corrected chi connectivity index (χ3v) is 5.68. The number of hydrogen-bond acceptors (Lipinski definition) is 1. The van der Waals surface area contributed by atoms with Gasteiger partial charge >= 0.3 is 0 Å². The molecule has 0 atom stereocenters. The van der Waals surface area contributed by atoms with Crippen LogP contribution in [0, 0.1) is 0 Å². The minimum absolute atomic E-state index is 0.00288. The summed E-state index contributed by atoms with van der Waals surface area (Å²) in [6.45, 7) is 11.2. The van der Waals surface area contributed by atoms with E-state index < -0.39 is 0 Å². The van der Waals surface area contributed by atoms with Gasteiger partial charge in [0.25, 0.3) is 0 Å². The van der Waals surface area contributed by atoms with Gasteiger partial charge in [0.2, 0.25) is 0 Å². The first-order valence-electron chi connectivity index (χ1n) is 11.7. The van der Waals surface area contributed by atoms with Crippen molar-refractivity contribution in [3.63, 3.8) is 0 Å². The highest BCUT2D eigenvalue weighted by Gasteiger charge is 2.21. The van der Waals surface area contributed by atoms with Crippen molar-refractivity contribution >= 4 is 0 Å². The van der Waals surface area contributed by atoms with Gasteiger partial charge < -0.3 is 5.11 Å². The first-order valence-corrected chi connectivity index (χ1v) is 11.7. The summed E-state index contributed by atoms with van der Waals surface area (Å²) in [4.78, 5) is 0. The highest BCUT2D eigenvalue weighted by molar-refractivity contribution is 5.47. The van der Waals surface area contributed by atoms with E-state index in [1.807, 2.05) is 0 Å². The fourth-order valence-corrected chi connectivity index (χ4v) is 3.87. The van der Waals surface area contributed by atoms with Gasteiger partial charge in [-0.15, -0.1) is 0 Å². The summed E-state index contributed by atoms with van der Waals surface area (Å²) in [6, 6.07) is 4.56. The number of unbranched alkanes of at least 4 members (excludes halogenated alkanes) is 10. The maximum Gasteiger partial charge on any atom is 0.122 e. The van der Waals surface area contributed by atoms with Crippen LogP contribution in [0.3, 0.4) is 0 Å². The molecule has 1 aromatic carbocycles. The summed E-state index contributed by atoms with van der Waals surface area (Å²) in [5.41, 5.74) is 3.73. The monoisotopic (exact) mass is 374 g/mol. The molecule has 0 heterocycles. The molecule has 0 radical (unpaired) electrons. The van der Waals surface area contributed by atoms with E-state index in [9.17, 15) is 5.11 Å². The summed E-state index contributed by atoms with van der Waals surface area (Å²) >= 11 is 0. The van der Waals surface area contributed by atoms with Gasteiger partial charge in [0.05, 0.1) is 0 Å². The second-order valence-corrected chi connectivity index (χ2v) is 9.44. The molecule has 1 rings (SSSR count). The normalized spacial score (nSPS) is 11.9. The Morgan fingerprint density at radius 1 is 0.667 bits per heavy atom. The van der Waals surface area contributed by atoms with Gasteiger partial charge in [0, 0.05) is 0 Å². The third kappa shape index (κ3) is 9.67. The van der Waals surface area contributed by atoms with Crippen LogP contribution in [-0.2, 0) is 18.3 Å². The van der Waals surface area contributed by atoms with Crippen LogP contribution in [0.25, 0.3) is 0 Å². The molecule has 0 bridgehead atoms. The van der Waals surface area contributed by atoms with E-state index in [-0.39, 0.29) is 5.41 Å². The van der Waals surface area contributed by atoms with E-state index in [0.29, 0.717) is 5.75 Å². The Hall–Kier alpha value is -0.980. The molecule has 0 amide bonds. The lowest BCUT2D eigenvalue weighted by atomic mass is 9.82. The smallest absolute Gasteiger partial charge is 0.122 e. The quantitative estimate of drug-likeness (QED) is 0.324. The average Bonchev–Trinajstić information content (AvgIpc) is 2.62. The van der Waals surface area contributed by atoms with Crippen LogP contribution in [-0.4, -0.2) is 5.11 Å². The zero-order valence-electron chi connectivity index (χ0n) is 19.0. The largest absolute Gasteiger partial charge is 0.507 e. The van der Waals surface area contributed by atoms with Crippen molar-refractivity contribution in [3.05, 3.63) is 28.8 Å². The van der Waals surface area contributed by atoms with E-state index in [0.717, 1.165) is 18.4 Å². The molecule has 1 aromatic rings. The molecule has 27 heavy (non-hydrogen) atoms. The Morgan fingerprint density at radius 2 is 1.15 bits per heavy atom. The maximum atomic E-state index is 10.9. The van der Waals surface area contributed by atoms with Crippen LogP contribution in [0.5, 0.6) is 5.75 Å². The predicted octanol–water partition coefficient (Wildman–Crippen LogP) is 8.50. The third-order valence-electron chi connectivity index (χ3n) is 5.68. The van der Waals surface area contributed by atoms with Gasteiger partial charge in [-0.05, 0) is 47.8 Å². The number of benzene rings is 1. The lowest BCUT2D eigenvalue weighted by Crippen LogP contribution is -2.13. The van der Waals surface area contributed by atoms with Gasteiger partial charge in [0.15, 0.2) is 0 Å². The first kappa shape index (κ1) is 24.1. The van der Waals surface area contributed by atoms with Crippen molar-refractivity contribution in [1.29, 1.82) is 0 Å². The molecule has 0 aliphatic carbocycles. The Balaban J connectivity index is 2.67. The fourth-order valence-electron chi connectivity index (χ4n) is 3.87.